The highest BCUT2D eigenvalue weighted by Gasteiger charge is 2.19. The SMILES string of the molecule is CCNC(=O)NC(=O)[C@H](C)Sc1nc(N)c2ccsc2n1. The number of nitrogens with one attached hydrogen (secondary N) is 2. The lowest BCUT2D eigenvalue weighted by Crippen LogP contribution is -2.42. The van der Waals surface area contributed by atoms with Crippen molar-refractivity contribution in [3.63, 3.8) is 0 Å². The van der Waals surface area contributed by atoms with E-state index in [4.69, 9.17) is 5.73 Å². The van der Waals surface area contributed by atoms with Crippen molar-refractivity contribution in [2.24, 2.45) is 0 Å². The molecule has 2 aromatic heterocycles. The van der Waals surface area contributed by atoms with Crippen molar-refractivity contribution >= 4 is 51.1 Å². The first-order valence-electron chi connectivity index (χ1n) is 6.27. The second-order valence-corrected chi connectivity index (χ2v) is 6.34. The Morgan fingerprint density at radius 3 is 2.95 bits per heavy atom. The maximum absolute atomic E-state index is 11.9. The average Bonchev–Trinajstić information content (AvgIpc) is 2.87. The fraction of sp³-hybridized carbons (Fsp3) is 0.333. The maximum Gasteiger partial charge on any atom is 0.321 e. The van der Waals surface area contributed by atoms with Crippen LogP contribution in [0.5, 0.6) is 0 Å². The Hall–Kier alpha value is -1.87. The summed E-state index contributed by atoms with van der Waals surface area (Å²) in [5, 5.41) is 7.35. The van der Waals surface area contributed by atoms with E-state index < -0.39 is 17.2 Å². The van der Waals surface area contributed by atoms with E-state index in [1.807, 2.05) is 11.4 Å². The van der Waals surface area contributed by atoms with Crippen molar-refractivity contribution < 1.29 is 9.59 Å². The molecule has 9 heteroatoms. The Bertz CT molecular complexity index is 673. The number of carbonyl (C=O) groups excluding carboxylic acids is 2. The third kappa shape index (κ3) is 3.82. The molecule has 0 aliphatic heterocycles. The fourth-order valence-corrected chi connectivity index (χ4v) is 3.15. The first-order chi connectivity index (χ1) is 10.0. The van der Waals surface area contributed by atoms with Crippen LogP contribution in [0.4, 0.5) is 10.6 Å². The number of hydrogen-bond acceptors (Lipinski definition) is 7. The van der Waals surface area contributed by atoms with Crippen LogP contribution in [-0.4, -0.2) is 33.7 Å². The Balaban J connectivity index is 2.05. The van der Waals surface area contributed by atoms with Crippen LogP contribution in [0.15, 0.2) is 16.6 Å². The number of thioether (sulfide) groups is 1. The molecule has 3 amide bonds. The van der Waals surface area contributed by atoms with Gasteiger partial charge in [-0.15, -0.1) is 11.3 Å². The van der Waals surface area contributed by atoms with E-state index in [-0.39, 0.29) is 0 Å². The minimum Gasteiger partial charge on any atom is -0.383 e. The van der Waals surface area contributed by atoms with Crippen LogP contribution >= 0.6 is 23.1 Å². The number of aromatic nitrogens is 2. The van der Waals surface area contributed by atoms with E-state index in [9.17, 15) is 9.59 Å². The summed E-state index contributed by atoms with van der Waals surface area (Å²) < 4.78 is 0. The predicted molar refractivity (Wildman–Crippen MR) is 84.4 cm³/mol. The summed E-state index contributed by atoms with van der Waals surface area (Å²) in [4.78, 5) is 32.4. The van der Waals surface area contributed by atoms with Crippen molar-refractivity contribution in [3.05, 3.63) is 11.4 Å². The summed E-state index contributed by atoms with van der Waals surface area (Å²) in [6, 6.07) is 1.35. The summed E-state index contributed by atoms with van der Waals surface area (Å²) in [5.41, 5.74) is 5.85. The normalized spacial score (nSPS) is 12.1. The number of carbonyl (C=O) groups is 2. The molecule has 0 aromatic carbocycles. The van der Waals surface area contributed by atoms with Gasteiger partial charge in [-0.25, -0.2) is 14.8 Å². The van der Waals surface area contributed by atoms with Crippen LogP contribution in [0.3, 0.4) is 0 Å². The van der Waals surface area contributed by atoms with Gasteiger partial charge >= 0.3 is 6.03 Å². The summed E-state index contributed by atoms with van der Waals surface area (Å²) >= 11 is 2.62. The lowest BCUT2D eigenvalue weighted by Gasteiger charge is -2.10. The molecule has 4 N–H and O–H groups in total. The first-order valence-corrected chi connectivity index (χ1v) is 8.03. The highest BCUT2D eigenvalue weighted by molar-refractivity contribution is 8.00. The van der Waals surface area contributed by atoms with E-state index in [1.54, 1.807) is 13.8 Å². The van der Waals surface area contributed by atoms with Crippen molar-refractivity contribution in [1.29, 1.82) is 0 Å². The van der Waals surface area contributed by atoms with Crippen LogP contribution in [0.25, 0.3) is 10.2 Å². The minimum atomic E-state index is -0.510. The van der Waals surface area contributed by atoms with Crippen LogP contribution in [-0.2, 0) is 4.79 Å². The third-order valence-corrected chi connectivity index (χ3v) is 4.33. The lowest BCUT2D eigenvalue weighted by atomic mass is 10.4. The van der Waals surface area contributed by atoms with E-state index in [2.05, 4.69) is 20.6 Å². The van der Waals surface area contributed by atoms with Gasteiger partial charge in [0, 0.05) is 6.54 Å². The van der Waals surface area contributed by atoms with Gasteiger partial charge in [0.2, 0.25) is 5.91 Å². The topological polar surface area (TPSA) is 110 Å². The molecule has 0 bridgehead atoms. The summed E-state index contributed by atoms with van der Waals surface area (Å²) in [6.45, 7) is 3.90. The van der Waals surface area contributed by atoms with Gasteiger partial charge in [-0.2, -0.15) is 0 Å². The second kappa shape index (κ2) is 6.72. The van der Waals surface area contributed by atoms with Crippen molar-refractivity contribution in [2.75, 3.05) is 12.3 Å². The Kier molecular flexibility index (Phi) is 4.97. The molecule has 0 spiro atoms. The number of anilines is 1. The third-order valence-electron chi connectivity index (χ3n) is 2.56. The Morgan fingerprint density at radius 2 is 2.24 bits per heavy atom. The van der Waals surface area contributed by atoms with Gasteiger partial charge in [0.05, 0.1) is 10.6 Å². The average molecular weight is 325 g/mol. The number of thiophene rings is 1. The molecule has 7 nitrogen and oxygen atoms in total. The van der Waals surface area contributed by atoms with Gasteiger partial charge in [0.25, 0.3) is 0 Å². The van der Waals surface area contributed by atoms with E-state index in [0.717, 1.165) is 22.0 Å². The van der Waals surface area contributed by atoms with Crippen molar-refractivity contribution in [1.82, 2.24) is 20.6 Å². The fourth-order valence-electron chi connectivity index (χ4n) is 1.54. The van der Waals surface area contributed by atoms with Crippen molar-refractivity contribution in [2.45, 2.75) is 24.3 Å². The van der Waals surface area contributed by atoms with Gasteiger partial charge < -0.3 is 11.1 Å². The molecule has 2 aromatic rings. The number of urea groups is 1. The van der Waals surface area contributed by atoms with Gasteiger partial charge in [-0.05, 0) is 25.3 Å². The number of fused-ring (bicyclic) bond motifs is 1. The minimum absolute atomic E-state index is 0.389. The van der Waals surface area contributed by atoms with Gasteiger partial charge in [-0.1, -0.05) is 11.8 Å². The quantitative estimate of drug-likeness (QED) is 0.582. The molecule has 1 atom stereocenters. The predicted octanol–water partition coefficient (Wildman–Crippen LogP) is 1.60. The molecular weight excluding hydrogens is 310 g/mol. The monoisotopic (exact) mass is 325 g/mol. The number of nitrogens with zero attached hydrogens (tertiary/aromatic N) is 2. The smallest absolute Gasteiger partial charge is 0.321 e. The van der Waals surface area contributed by atoms with Crippen LogP contribution < -0.4 is 16.4 Å². The second-order valence-electron chi connectivity index (χ2n) is 4.14. The van der Waals surface area contributed by atoms with Gasteiger partial charge in [0.15, 0.2) is 5.16 Å². The molecule has 0 unspecified atom stereocenters. The number of nitrogen functional groups attached to an aromatic ring is 1. The van der Waals surface area contributed by atoms with Crippen LogP contribution in [0.2, 0.25) is 0 Å². The van der Waals surface area contributed by atoms with Gasteiger partial charge in [0.1, 0.15) is 10.6 Å². The number of rotatable bonds is 4. The van der Waals surface area contributed by atoms with Crippen molar-refractivity contribution in [3.8, 4) is 0 Å². The number of amides is 3. The van der Waals surface area contributed by atoms with Gasteiger partial charge in [-0.3, -0.25) is 10.1 Å². The zero-order valence-electron chi connectivity index (χ0n) is 11.5. The molecule has 2 heterocycles. The Labute approximate surface area is 129 Å². The molecule has 0 saturated carbocycles. The molecule has 0 saturated heterocycles. The molecule has 0 aliphatic rings. The molecule has 112 valence electrons. The molecule has 0 radical (unpaired) electrons. The molecule has 0 aliphatic carbocycles. The Morgan fingerprint density at radius 1 is 1.48 bits per heavy atom. The number of imide groups is 1. The van der Waals surface area contributed by atoms with Crippen LogP contribution in [0.1, 0.15) is 13.8 Å². The van der Waals surface area contributed by atoms with E-state index in [1.165, 1.54) is 11.3 Å². The summed E-state index contributed by atoms with van der Waals surface area (Å²) in [7, 11) is 0. The standard InChI is InChI=1S/C12H15N5O2S2/c1-3-14-11(19)16-9(18)6(2)21-12-15-8(13)7-4-5-20-10(7)17-12/h4-6H,3H2,1-2H3,(H2,13,15,17)(H2,14,16,18,19)/t6-/m0/s1. The number of hydrogen-bond donors (Lipinski definition) is 3. The molecule has 2 rings (SSSR count). The molecule has 21 heavy (non-hydrogen) atoms. The first kappa shape index (κ1) is 15.5. The van der Waals surface area contributed by atoms with E-state index in [0.29, 0.717) is 17.5 Å². The zero-order valence-corrected chi connectivity index (χ0v) is 13.2. The molecule has 0 fully saturated rings. The largest absolute Gasteiger partial charge is 0.383 e. The number of nitrogens with two attached hydrogens (primary N) is 1. The molecular formula is C12H15N5O2S2. The zero-order chi connectivity index (χ0) is 15.4. The highest BCUT2D eigenvalue weighted by Crippen LogP contribution is 2.27. The van der Waals surface area contributed by atoms with Crippen LogP contribution in [0, 0.1) is 0 Å². The lowest BCUT2D eigenvalue weighted by molar-refractivity contribution is -0.119. The summed E-state index contributed by atoms with van der Waals surface area (Å²) in [6.07, 6.45) is 0. The highest BCUT2D eigenvalue weighted by atomic mass is 32.2. The summed E-state index contributed by atoms with van der Waals surface area (Å²) in [5.74, 6) is -0.0144. The van der Waals surface area contributed by atoms with E-state index >= 15 is 0 Å². The maximum atomic E-state index is 11.9.